The maximum atomic E-state index is 11.3. The molecule has 4 nitrogen and oxygen atoms in total. The first-order chi connectivity index (χ1) is 10.0. The largest absolute Gasteiger partial charge is 0.478 e. The van der Waals surface area contributed by atoms with E-state index >= 15 is 0 Å². The predicted octanol–water partition coefficient (Wildman–Crippen LogP) is 3.75. The summed E-state index contributed by atoms with van der Waals surface area (Å²) in [6.07, 6.45) is 6.76. The van der Waals surface area contributed by atoms with Crippen molar-refractivity contribution in [2.24, 2.45) is 5.92 Å². The molecule has 1 saturated carbocycles. The first-order valence-electron chi connectivity index (χ1n) is 8.00. The van der Waals surface area contributed by atoms with E-state index in [2.05, 4.69) is 30.8 Å². The minimum Gasteiger partial charge on any atom is -0.478 e. The number of carboxylic acids is 1. The first-order valence-corrected chi connectivity index (χ1v) is 8.00. The number of aromatic nitrogens is 1. The van der Waals surface area contributed by atoms with Crippen molar-refractivity contribution in [2.45, 2.75) is 58.4 Å². The summed E-state index contributed by atoms with van der Waals surface area (Å²) in [5.74, 6) is 0.562. The van der Waals surface area contributed by atoms with E-state index in [4.69, 9.17) is 0 Å². The number of carbonyl (C=O) groups is 1. The molecule has 1 heterocycles. The summed E-state index contributed by atoms with van der Waals surface area (Å²) in [6, 6.07) is 3.88. The molecule has 4 heteroatoms. The Labute approximate surface area is 127 Å². The number of nitrogens with zero attached hydrogens (tertiary/aromatic N) is 2. The van der Waals surface area contributed by atoms with Crippen molar-refractivity contribution in [1.29, 1.82) is 0 Å². The molecular weight excluding hydrogens is 264 g/mol. The monoisotopic (exact) mass is 290 g/mol. The normalized spacial score (nSPS) is 22.0. The molecule has 2 rings (SSSR count). The fourth-order valence-corrected chi connectivity index (χ4v) is 3.30. The molecule has 1 aromatic rings. The van der Waals surface area contributed by atoms with E-state index in [1.807, 2.05) is 0 Å². The Kier molecular flexibility index (Phi) is 5.21. The molecule has 116 valence electrons. The zero-order valence-electron chi connectivity index (χ0n) is 13.3. The molecule has 21 heavy (non-hydrogen) atoms. The molecule has 2 atom stereocenters. The van der Waals surface area contributed by atoms with Crippen LogP contribution in [0.2, 0.25) is 0 Å². The minimum absolute atomic E-state index is 0.346. The maximum absolute atomic E-state index is 11.3. The summed E-state index contributed by atoms with van der Waals surface area (Å²) in [5.41, 5.74) is 1.22. The van der Waals surface area contributed by atoms with Gasteiger partial charge in [-0.05, 0) is 37.3 Å². The maximum Gasteiger partial charge on any atom is 0.335 e. The summed E-state index contributed by atoms with van der Waals surface area (Å²) in [6.45, 7) is 4.37. The van der Waals surface area contributed by atoms with Crippen molar-refractivity contribution in [2.75, 3.05) is 11.9 Å². The fraction of sp³-hybridized carbons (Fsp3) is 0.647. The number of hydrogen-bond donors (Lipinski definition) is 1. The van der Waals surface area contributed by atoms with E-state index in [0.29, 0.717) is 17.5 Å². The van der Waals surface area contributed by atoms with Crippen molar-refractivity contribution >= 4 is 11.8 Å². The van der Waals surface area contributed by atoms with Crippen LogP contribution in [0.4, 0.5) is 5.82 Å². The van der Waals surface area contributed by atoms with Gasteiger partial charge in [0, 0.05) is 18.8 Å². The highest BCUT2D eigenvalue weighted by Crippen LogP contribution is 2.30. The molecular formula is C17H26N2O2. The van der Waals surface area contributed by atoms with E-state index in [9.17, 15) is 9.90 Å². The Morgan fingerprint density at radius 1 is 1.38 bits per heavy atom. The van der Waals surface area contributed by atoms with Gasteiger partial charge in [-0.15, -0.1) is 0 Å². The zero-order chi connectivity index (χ0) is 15.4. The van der Waals surface area contributed by atoms with Crippen molar-refractivity contribution in [3.8, 4) is 0 Å². The summed E-state index contributed by atoms with van der Waals surface area (Å²) < 4.78 is 0. The van der Waals surface area contributed by atoms with Gasteiger partial charge in [0.25, 0.3) is 0 Å². The molecule has 1 fully saturated rings. The molecule has 0 saturated heterocycles. The van der Waals surface area contributed by atoms with Gasteiger partial charge in [0.15, 0.2) is 0 Å². The molecule has 1 N–H and O–H groups in total. The quantitative estimate of drug-likeness (QED) is 0.897. The Bertz CT molecular complexity index is 502. The van der Waals surface area contributed by atoms with E-state index < -0.39 is 5.97 Å². The standard InChI is InChI=1S/C17H26N2O2/c1-4-7-14-10-13(17(20)21)11-16(18-14)19(3)15-9-6-5-8-12(15)2/h10-12,15H,4-9H2,1-3H3,(H,20,21). The lowest BCUT2D eigenvalue weighted by molar-refractivity contribution is 0.0696. The van der Waals surface area contributed by atoms with Crippen LogP contribution in [0.3, 0.4) is 0 Å². The first kappa shape index (κ1) is 15.8. The van der Waals surface area contributed by atoms with E-state index in [0.717, 1.165) is 24.4 Å². The van der Waals surface area contributed by atoms with Crippen LogP contribution in [0.25, 0.3) is 0 Å². The van der Waals surface area contributed by atoms with Crippen molar-refractivity contribution in [3.63, 3.8) is 0 Å². The molecule has 0 radical (unpaired) electrons. The SMILES string of the molecule is CCCc1cc(C(=O)O)cc(N(C)C2CCCCC2C)n1. The molecule has 1 aliphatic rings. The lowest BCUT2D eigenvalue weighted by Crippen LogP contribution is -2.39. The molecule has 0 aromatic carbocycles. The van der Waals surface area contributed by atoms with E-state index in [1.165, 1.54) is 25.7 Å². The minimum atomic E-state index is -0.874. The second-order valence-corrected chi connectivity index (χ2v) is 6.20. The average Bonchev–Trinajstić information content (AvgIpc) is 2.47. The van der Waals surface area contributed by atoms with Crippen LogP contribution in [0, 0.1) is 5.92 Å². The van der Waals surface area contributed by atoms with Crippen molar-refractivity contribution in [3.05, 3.63) is 23.4 Å². The lowest BCUT2D eigenvalue weighted by atomic mass is 9.85. The van der Waals surface area contributed by atoms with Crippen molar-refractivity contribution in [1.82, 2.24) is 4.98 Å². The number of pyridine rings is 1. The molecule has 1 aromatic heterocycles. The highest BCUT2D eigenvalue weighted by atomic mass is 16.4. The molecule has 0 aliphatic heterocycles. The van der Waals surface area contributed by atoms with Gasteiger partial charge in [-0.1, -0.05) is 33.1 Å². The molecule has 1 aliphatic carbocycles. The number of aryl methyl sites for hydroxylation is 1. The van der Waals surface area contributed by atoms with Crippen LogP contribution in [0.5, 0.6) is 0 Å². The molecule has 0 spiro atoms. The third-order valence-electron chi connectivity index (χ3n) is 4.54. The third-order valence-corrected chi connectivity index (χ3v) is 4.54. The van der Waals surface area contributed by atoms with Gasteiger partial charge in [-0.3, -0.25) is 0 Å². The predicted molar refractivity (Wildman–Crippen MR) is 85.0 cm³/mol. The second-order valence-electron chi connectivity index (χ2n) is 6.20. The van der Waals surface area contributed by atoms with E-state index in [-0.39, 0.29) is 0 Å². The average molecular weight is 290 g/mol. The summed E-state index contributed by atoms with van der Waals surface area (Å²) in [4.78, 5) is 18.2. The Morgan fingerprint density at radius 3 is 2.71 bits per heavy atom. The summed E-state index contributed by atoms with van der Waals surface area (Å²) >= 11 is 0. The Morgan fingerprint density at radius 2 is 2.10 bits per heavy atom. The van der Waals surface area contributed by atoms with Crippen LogP contribution in [-0.2, 0) is 6.42 Å². The molecule has 2 unspecified atom stereocenters. The molecule has 0 bridgehead atoms. The second kappa shape index (κ2) is 6.92. The number of carboxylic acid groups (broad SMARTS) is 1. The number of hydrogen-bond acceptors (Lipinski definition) is 3. The van der Waals surface area contributed by atoms with Crippen LogP contribution < -0.4 is 4.90 Å². The molecule has 0 amide bonds. The highest BCUT2D eigenvalue weighted by molar-refractivity contribution is 5.88. The number of anilines is 1. The lowest BCUT2D eigenvalue weighted by Gasteiger charge is -2.37. The number of rotatable bonds is 5. The fourth-order valence-electron chi connectivity index (χ4n) is 3.30. The smallest absolute Gasteiger partial charge is 0.335 e. The highest BCUT2D eigenvalue weighted by Gasteiger charge is 2.26. The topological polar surface area (TPSA) is 53.4 Å². The van der Waals surface area contributed by atoms with Crippen molar-refractivity contribution < 1.29 is 9.90 Å². The van der Waals surface area contributed by atoms with Gasteiger partial charge in [0.1, 0.15) is 5.82 Å². The third kappa shape index (κ3) is 3.74. The van der Waals surface area contributed by atoms with Gasteiger partial charge < -0.3 is 10.0 Å². The summed E-state index contributed by atoms with van der Waals surface area (Å²) in [7, 11) is 2.05. The van der Waals surface area contributed by atoms with Gasteiger partial charge in [0.05, 0.1) is 5.56 Å². The number of aromatic carboxylic acids is 1. The van der Waals surface area contributed by atoms with E-state index in [1.54, 1.807) is 12.1 Å². The zero-order valence-corrected chi connectivity index (χ0v) is 13.3. The van der Waals surface area contributed by atoms with Crippen LogP contribution in [0.15, 0.2) is 12.1 Å². The van der Waals surface area contributed by atoms with Crippen LogP contribution in [0.1, 0.15) is 62.0 Å². The summed E-state index contributed by atoms with van der Waals surface area (Å²) in [5, 5.41) is 9.30. The van der Waals surface area contributed by atoms with Crippen LogP contribution in [-0.4, -0.2) is 29.1 Å². The van der Waals surface area contributed by atoms with Gasteiger partial charge >= 0.3 is 5.97 Å². The van der Waals surface area contributed by atoms with Gasteiger partial charge in [0.2, 0.25) is 0 Å². The Balaban J connectivity index is 2.30. The van der Waals surface area contributed by atoms with Crippen LogP contribution >= 0.6 is 0 Å². The Hall–Kier alpha value is -1.58. The van der Waals surface area contributed by atoms with Gasteiger partial charge in [-0.2, -0.15) is 0 Å². The van der Waals surface area contributed by atoms with Gasteiger partial charge in [-0.25, -0.2) is 9.78 Å².